The molecule has 2 aromatic carbocycles. The number of carbonyl (C=O) groups is 2. The van der Waals surface area contributed by atoms with Crippen LogP contribution in [-0.2, 0) is 4.79 Å². The third-order valence-corrected chi connectivity index (χ3v) is 4.01. The standard InChI is InChI=1S/C20H24N2O2/c1-4-22(5-2)20(24)18(16-11-7-6-8-12-16)21-19(23)17-13-9-10-15(3)14-17/h6-14,18H,4-5H2,1-3H3,(H,21,23)/t18-/m0/s1. The van der Waals surface area contributed by atoms with Crippen LogP contribution in [0.15, 0.2) is 54.6 Å². The summed E-state index contributed by atoms with van der Waals surface area (Å²) in [5.41, 5.74) is 2.35. The van der Waals surface area contributed by atoms with Crippen LogP contribution in [0.3, 0.4) is 0 Å². The molecule has 0 radical (unpaired) electrons. The molecule has 0 heterocycles. The molecule has 0 saturated heterocycles. The van der Waals surface area contributed by atoms with Gasteiger partial charge in [-0.15, -0.1) is 0 Å². The summed E-state index contributed by atoms with van der Waals surface area (Å²) in [4.78, 5) is 27.2. The van der Waals surface area contributed by atoms with E-state index in [9.17, 15) is 9.59 Å². The van der Waals surface area contributed by atoms with Crippen molar-refractivity contribution in [2.75, 3.05) is 13.1 Å². The van der Waals surface area contributed by atoms with Gasteiger partial charge in [-0.1, -0.05) is 48.0 Å². The first-order valence-corrected chi connectivity index (χ1v) is 8.28. The summed E-state index contributed by atoms with van der Waals surface area (Å²) in [6.45, 7) is 7.03. The van der Waals surface area contributed by atoms with Gasteiger partial charge in [0.2, 0.25) is 5.91 Å². The molecule has 126 valence electrons. The zero-order chi connectivity index (χ0) is 17.5. The van der Waals surface area contributed by atoms with E-state index in [-0.39, 0.29) is 11.8 Å². The smallest absolute Gasteiger partial charge is 0.252 e. The molecule has 1 atom stereocenters. The highest BCUT2D eigenvalue weighted by molar-refractivity contribution is 5.98. The van der Waals surface area contributed by atoms with Crippen molar-refractivity contribution in [2.24, 2.45) is 0 Å². The van der Waals surface area contributed by atoms with Crippen molar-refractivity contribution < 1.29 is 9.59 Å². The van der Waals surface area contributed by atoms with Gasteiger partial charge >= 0.3 is 0 Å². The van der Waals surface area contributed by atoms with E-state index in [4.69, 9.17) is 0 Å². The second kappa shape index (κ2) is 8.29. The molecule has 4 nitrogen and oxygen atoms in total. The maximum absolute atomic E-state index is 12.9. The molecule has 24 heavy (non-hydrogen) atoms. The number of hydrogen-bond donors (Lipinski definition) is 1. The average Bonchev–Trinajstić information content (AvgIpc) is 2.61. The Morgan fingerprint density at radius 1 is 1.00 bits per heavy atom. The number of aryl methyl sites for hydroxylation is 1. The molecule has 0 aliphatic carbocycles. The number of carbonyl (C=O) groups excluding carboxylic acids is 2. The molecule has 1 N–H and O–H groups in total. The molecule has 2 amide bonds. The molecule has 0 aliphatic heterocycles. The van der Waals surface area contributed by atoms with Gasteiger partial charge in [-0.05, 0) is 38.5 Å². The van der Waals surface area contributed by atoms with Gasteiger partial charge in [0.1, 0.15) is 6.04 Å². The van der Waals surface area contributed by atoms with Crippen molar-refractivity contribution in [3.63, 3.8) is 0 Å². The van der Waals surface area contributed by atoms with Crippen LogP contribution in [0.4, 0.5) is 0 Å². The summed E-state index contributed by atoms with van der Waals surface area (Å²) < 4.78 is 0. The summed E-state index contributed by atoms with van der Waals surface area (Å²) in [6.07, 6.45) is 0. The SMILES string of the molecule is CCN(CC)C(=O)[C@@H](NC(=O)c1cccc(C)c1)c1ccccc1. The third kappa shape index (κ3) is 4.22. The van der Waals surface area contributed by atoms with Crippen molar-refractivity contribution in [3.05, 3.63) is 71.3 Å². The summed E-state index contributed by atoms with van der Waals surface area (Å²) in [7, 11) is 0. The summed E-state index contributed by atoms with van der Waals surface area (Å²) in [5, 5.41) is 2.90. The molecule has 0 bridgehead atoms. The third-order valence-electron chi connectivity index (χ3n) is 4.01. The number of likely N-dealkylation sites (N-methyl/N-ethyl adjacent to an activating group) is 1. The lowest BCUT2D eigenvalue weighted by Gasteiger charge is -2.26. The maximum Gasteiger partial charge on any atom is 0.252 e. The zero-order valence-electron chi connectivity index (χ0n) is 14.5. The Kier molecular flexibility index (Phi) is 6.13. The normalized spacial score (nSPS) is 11.6. The summed E-state index contributed by atoms with van der Waals surface area (Å²) in [6, 6.07) is 16.0. The predicted octanol–water partition coefficient (Wildman–Crippen LogP) is 3.33. The predicted molar refractivity (Wildman–Crippen MR) is 95.8 cm³/mol. The van der Waals surface area contributed by atoms with E-state index in [1.165, 1.54) is 0 Å². The minimum Gasteiger partial charge on any atom is -0.341 e. The van der Waals surface area contributed by atoms with Gasteiger partial charge in [0, 0.05) is 18.7 Å². The highest BCUT2D eigenvalue weighted by Gasteiger charge is 2.26. The molecule has 0 saturated carbocycles. The number of nitrogens with zero attached hydrogens (tertiary/aromatic N) is 1. The maximum atomic E-state index is 12.9. The fourth-order valence-corrected chi connectivity index (χ4v) is 2.65. The van der Waals surface area contributed by atoms with E-state index in [1.807, 2.05) is 69.3 Å². The monoisotopic (exact) mass is 324 g/mol. The molecule has 0 unspecified atom stereocenters. The fraction of sp³-hybridized carbons (Fsp3) is 0.300. The Labute approximate surface area is 143 Å². The fourth-order valence-electron chi connectivity index (χ4n) is 2.65. The highest BCUT2D eigenvalue weighted by atomic mass is 16.2. The van der Waals surface area contributed by atoms with E-state index in [0.29, 0.717) is 18.7 Å². The van der Waals surface area contributed by atoms with Gasteiger partial charge in [-0.25, -0.2) is 0 Å². The Bertz CT molecular complexity index is 694. The summed E-state index contributed by atoms with van der Waals surface area (Å²) in [5.74, 6) is -0.333. The molecule has 2 aromatic rings. The first kappa shape index (κ1) is 17.7. The van der Waals surface area contributed by atoms with Gasteiger partial charge in [-0.3, -0.25) is 9.59 Å². The Balaban J connectivity index is 2.29. The van der Waals surface area contributed by atoms with Crippen LogP contribution in [0.5, 0.6) is 0 Å². The van der Waals surface area contributed by atoms with Crippen LogP contribution >= 0.6 is 0 Å². The van der Waals surface area contributed by atoms with E-state index >= 15 is 0 Å². The van der Waals surface area contributed by atoms with Gasteiger partial charge in [0.15, 0.2) is 0 Å². The minimum absolute atomic E-state index is 0.0906. The topological polar surface area (TPSA) is 49.4 Å². The van der Waals surface area contributed by atoms with Crippen molar-refractivity contribution in [1.82, 2.24) is 10.2 Å². The first-order chi connectivity index (χ1) is 11.6. The van der Waals surface area contributed by atoms with E-state index in [2.05, 4.69) is 5.32 Å². The van der Waals surface area contributed by atoms with Gasteiger partial charge in [0.05, 0.1) is 0 Å². The van der Waals surface area contributed by atoms with Crippen LogP contribution in [-0.4, -0.2) is 29.8 Å². The first-order valence-electron chi connectivity index (χ1n) is 8.28. The number of amides is 2. The minimum atomic E-state index is -0.681. The molecule has 4 heteroatoms. The Morgan fingerprint density at radius 2 is 1.67 bits per heavy atom. The van der Waals surface area contributed by atoms with E-state index in [1.54, 1.807) is 11.0 Å². The van der Waals surface area contributed by atoms with Crippen LogP contribution in [0.2, 0.25) is 0 Å². The van der Waals surface area contributed by atoms with E-state index < -0.39 is 6.04 Å². The summed E-state index contributed by atoms with van der Waals surface area (Å²) >= 11 is 0. The van der Waals surface area contributed by atoms with Gasteiger partial charge in [0.25, 0.3) is 5.91 Å². The quantitative estimate of drug-likeness (QED) is 0.886. The second-order valence-corrected chi connectivity index (χ2v) is 5.70. The average molecular weight is 324 g/mol. The lowest BCUT2D eigenvalue weighted by molar-refractivity contribution is -0.133. The second-order valence-electron chi connectivity index (χ2n) is 5.70. The Hall–Kier alpha value is -2.62. The highest BCUT2D eigenvalue weighted by Crippen LogP contribution is 2.17. The molecule has 0 spiro atoms. The van der Waals surface area contributed by atoms with Crippen molar-refractivity contribution in [1.29, 1.82) is 0 Å². The lowest BCUT2D eigenvalue weighted by atomic mass is 10.0. The van der Waals surface area contributed by atoms with Crippen molar-refractivity contribution in [2.45, 2.75) is 26.8 Å². The molecular weight excluding hydrogens is 300 g/mol. The number of hydrogen-bond acceptors (Lipinski definition) is 2. The van der Waals surface area contributed by atoms with E-state index in [0.717, 1.165) is 11.1 Å². The Morgan fingerprint density at radius 3 is 2.25 bits per heavy atom. The molecule has 0 aliphatic rings. The van der Waals surface area contributed by atoms with Crippen molar-refractivity contribution >= 4 is 11.8 Å². The van der Waals surface area contributed by atoms with Gasteiger partial charge in [-0.2, -0.15) is 0 Å². The number of benzene rings is 2. The lowest BCUT2D eigenvalue weighted by Crippen LogP contribution is -2.42. The largest absolute Gasteiger partial charge is 0.341 e. The molecular formula is C20H24N2O2. The van der Waals surface area contributed by atoms with Crippen molar-refractivity contribution in [3.8, 4) is 0 Å². The van der Waals surface area contributed by atoms with Crippen LogP contribution in [0.1, 0.15) is 41.4 Å². The van der Waals surface area contributed by atoms with Crippen LogP contribution in [0, 0.1) is 6.92 Å². The molecule has 0 aromatic heterocycles. The zero-order valence-corrected chi connectivity index (χ0v) is 14.5. The number of nitrogens with one attached hydrogen (secondary N) is 1. The van der Waals surface area contributed by atoms with Crippen LogP contribution in [0.25, 0.3) is 0 Å². The molecule has 2 rings (SSSR count). The number of rotatable bonds is 6. The molecule has 0 fully saturated rings. The van der Waals surface area contributed by atoms with Gasteiger partial charge < -0.3 is 10.2 Å². The van der Waals surface area contributed by atoms with Crippen LogP contribution < -0.4 is 5.32 Å².